The lowest BCUT2D eigenvalue weighted by Crippen LogP contribution is -2.57. The molecule has 1 aliphatic heterocycles. The minimum absolute atomic E-state index is 0.335. The first-order chi connectivity index (χ1) is 10.3. The molecule has 0 unspecified atom stereocenters. The smallest absolute Gasteiger partial charge is 0.241 e. The van der Waals surface area contributed by atoms with Crippen LogP contribution < -0.4 is 10.6 Å². The Morgan fingerprint density at radius 2 is 2.00 bits per heavy atom. The second-order valence-electron chi connectivity index (χ2n) is 6.01. The predicted molar refractivity (Wildman–Crippen MR) is 87.6 cm³/mol. The van der Waals surface area contributed by atoms with Gasteiger partial charge in [-0.15, -0.1) is 0 Å². The summed E-state index contributed by atoms with van der Waals surface area (Å²) in [5.74, 6) is -0.357. The van der Waals surface area contributed by atoms with Crippen LogP contribution in [0, 0.1) is 6.92 Å². The molecule has 1 saturated heterocycles. The van der Waals surface area contributed by atoms with Crippen LogP contribution >= 0.6 is 0 Å². The second-order valence-corrected chi connectivity index (χ2v) is 8.34. The Morgan fingerprint density at radius 1 is 1.32 bits per heavy atom. The molecular weight excluding hydrogens is 300 g/mol. The van der Waals surface area contributed by atoms with E-state index in [2.05, 4.69) is 16.7 Å². The normalized spacial score (nSPS) is 17.9. The van der Waals surface area contributed by atoms with E-state index in [0.717, 1.165) is 5.56 Å². The molecule has 6 heteroatoms. The van der Waals surface area contributed by atoms with Crippen molar-refractivity contribution in [2.75, 3.05) is 25.9 Å². The molecule has 0 radical (unpaired) electrons. The molecule has 2 N–H and O–H groups in total. The minimum atomic E-state index is -3.44. The summed E-state index contributed by atoms with van der Waals surface area (Å²) in [6.45, 7) is 3.58. The molecule has 1 fully saturated rings. The lowest BCUT2D eigenvalue weighted by Gasteiger charge is -2.34. The van der Waals surface area contributed by atoms with Gasteiger partial charge in [-0.3, -0.25) is 4.79 Å². The van der Waals surface area contributed by atoms with E-state index in [-0.39, 0.29) is 5.91 Å². The van der Waals surface area contributed by atoms with Crippen LogP contribution in [0.1, 0.15) is 24.0 Å². The number of carbonyl (C=O) groups is 1. The van der Waals surface area contributed by atoms with Crippen LogP contribution in [0.2, 0.25) is 0 Å². The molecule has 0 spiro atoms. The maximum Gasteiger partial charge on any atom is 0.241 e. The number of carbonyl (C=O) groups excluding carboxylic acids is 1. The molecule has 2 rings (SSSR count). The lowest BCUT2D eigenvalue weighted by atomic mass is 9.95. The average molecular weight is 324 g/mol. The van der Waals surface area contributed by atoms with Gasteiger partial charge in [-0.2, -0.15) is 0 Å². The first-order valence-corrected chi connectivity index (χ1v) is 9.48. The number of hydrogen-bond acceptors (Lipinski definition) is 4. The van der Waals surface area contributed by atoms with E-state index in [1.165, 1.54) is 11.8 Å². The van der Waals surface area contributed by atoms with E-state index < -0.39 is 14.6 Å². The molecule has 22 heavy (non-hydrogen) atoms. The highest BCUT2D eigenvalue weighted by molar-refractivity contribution is 7.92. The third kappa shape index (κ3) is 3.67. The van der Waals surface area contributed by atoms with Crippen molar-refractivity contribution in [1.82, 2.24) is 10.6 Å². The van der Waals surface area contributed by atoms with E-state index in [9.17, 15) is 13.2 Å². The summed E-state index contributed by atoms with van der Waals surface area (Å²) in [6, 6.07) is 8.09. The van der Waals surface area contributed by atoms with Crippen molar-refractivity contribution in [3.8, 4) is 0 Å². The number of sulfone groups is 1. The van der Waals surface area contributed by atoms with Crippen molar-refractivity contribution in [2.24, 2.45) is 0 Å². The molecule has 1 amide bonds. The van der Waals surface area contributed by atoms with E-state index in [1.807, 2.05) is 25.1 Å². The maximum atomic E-state index is 12.5. The first kappa shape index (κ1) is 17.0. The molecule has 0 saturated carbocycles. The predicted octanol–water partition coefficient (Wildman–Crippen LogP) is 0.821. The Morgan fingerprint density at radius 3 is 2.59 bits per heavy atom. The number of amides is 1. The van der Waals surface area contributed by atoms with Crippen LogP contribution in [-0.4, -0.2) is 45.0 Å². The first-order valence-electron chi connectivity index (χ1n) is 7.59. The highest BCUT2D eigenvalue weighted by atomic mass is 32.2. The molecule has 0 aromatic heterocycles. The molecule has 1 heterocycles. The van der Waals surface area contributed by atoms with Gasteiger partial charge in [-0.05, 0) is 44.8 Å². The minimum Gasteiger partial charge on any atom is -0.354 e. The van der Waals surface area contributed by atoms with E-state index in [0.29, 0.717) is 38.9 Å². The fourth-order valence-electron chi connectivity index (χ4n) is 2.95. The Balaban J connectivity index is 2.00. The number of aryl methyl sites for hydroxylation is 1. The summed E-state index contributed by atoms with van der Waals surface area (Å²) in [5, 5.41) is 5.93. The summed E-state index contributed by atoms with van der Waals surface area (Å²) in [7, 11) is -3.44. The number of piperidine rings is 1. The van der Waals surface area contributed by atoms with Crippen LogP contribution in [0.15, 0.2) is 24.3 Å². The Bertz CT molecular complexity index is 635. The number of rotatable bonds is 5. The fourth-order valence-corrected chi connectivity index (χ4v) is 4.30. The third-order valence-electron chi connectivity index (χ3n) is 4.32. The van der Waals surface area contributed by atoms with E-state index in [1.54, 1.807) is 0 Å². The van der Waals surface area contributed by atoms with Gasteiger partial charge in [0.2, 0.25) is 5.91 Å². The molecule has 1 aromatic carbocycles. The second kappa shape index (κ2) is 6.79. The highest BCUT2D eigenvalue weighted by Crippen LogP contribution is 2.27. The van der Waals surface area contributed by atoms with Gasteiger partial charge in [0, 0.05) is 12.8 Å². The van der Waals surface area contributed by atoms with Crippen molar-refractivity contribution in [3.05, 3.63) is 35.4 Å². The van der Waals surface area contributed by atoms with Gasteiger partial charge < -0.3 is 10.6 Å². The Labute approximate surface area is 132 Å². The summed E-state index contributed by atoms with van der Waals surface area (Å²) in [5.41, 5.74) is 2.31. The number of hydrogen-bond donors (Lipinski definition) is 2. The summed E-state index contributed by atoms with van der Waals surface area (Å²) in [6.07, 6.45) is 2.54. The summed E-state index contributed by atoms with van der Waals surface area (Å²) < 4.78 is 23.0. The standard InChI is InChI=1S/C16H24N2O3S/c1-13-4-3-5-14(12-13)6-9-18-15(19)16(22(2,20)21)7-10-17-11-8-16/h3-5,12,17H,6-11H2,1-2H3,(H,18,19). The summed E-state index contributed by atoms with van der Waals surface area (Å²) >= 11 is 0. The van der Waals surface area contributed by atoms with Crippen molar-refractivity contribution in [3.63, 3.8) is 0 Å². The summed E-state index contributed by atoms with van der Waals surface area (Å²) in [4.78, 5) is 12.5. The van der Waals surface area contributed by atoms with Crippen molar-refractivity contribution in [1.29, 1.82) is 0 Å². The molecule has 0 bridgehead atoms. The maximum absolute atomic E-state index is 12.5. The quantitative estimate of drug-likeness (QED) is 0.841. The van der Waals surface area contributed by atoms with Crippen molar-refractivity contribution in [2.45, 2.75) is 30.9 Å². The number of nitrogens with one attached hydrogen (secondary N) is 2. The zero-order chi connectivity index (χ0) is 16.2. The highest BCUT2D eigenvalue weighted by Gasteiger charge is 2.48. The van der Waals surface area contributed by atoms with Crippen LogP contribution in [-0.2, 0) is 21.1 Å². The fraction of sp³-hybridized carbons (Fsp3) is 0.562. The largest absolute Gasteiger partial charge is 0.354 e. The zero-order valence-corrected chi connectivity index (χ0v) is 14.0. The molecule has 122 valence electrons. The van der Waals surface area contributed by atoms with Gasteiger partial charge in [-0.1, -0.05) is 29.8 Å². The van der Waals surface area contributed by atoms with Gasteiger partial charge in [0.15, 0.2) is 14.6 Å². The molecular formula is C16H24N2O3S. The average Bonchev–Trinajstić information content (AvgIpc) is 2.47. The molecule has 0 atom stereocenters. The van der Waals surface area contributed by atoms with Crippen LogP contribution in [0.3, 0.4) is 0 Å². The van der Waals surface area contributed by atoms with Gasteiger partial charge >= 0.3 is 0 Å². The molecule has 1 aliphatic rings. The van der Waals surface area contributed by atoms with Gasteiger partial charge in [0.1, 0.15) is 0 Å². The van der Waals surface area contributed by atoms with Crippen LogP contribution in [0.25, 0.3) is 0 Å². The topological polar surface area (TPSA) is 75.3 Å². The Kier molecular flexibility index (Phi) is 5.24. The molecule has 5 nitrogen and oxygen atoms in total. The van der Waals surface area contributed by atoms with Gasteiger partial charge in [0.25, 0.3) is 0 Å². The molecule has 1 aromatic rings. The van der Waals surface area contributed by atoms with Gasteiger partial charge in [0.05, 0.1) is 0 Å². The lowest BCUT2D eigenvalue weighted by molar-refractivity contribution is -0.124. The molecule has 0 aliphatic carbocycles. The van der Waals surface area contributed by atoms with Gasteiger partial charge in [-0.25, -0.2) is 8.42 Å². The van der Waals surface area contributed by atoms with E-state index in [4.69, 9.17) is 0 Å². The van der Waals surface area contributed by atoms with Crippen LogP contribution in [0.4, 0.5) is 0 Å². The van der Waals surface area contributed by atoms with E-state index >= 15 is 0 Å². The van der Waals surface area contributed by atoms with Crippen molar-refractivity contribution >= 4 is 15.7 Å². The Hall–Kier alpha value is -1.40. The monoisotopic (exact) mass is 324 g/mol. The van der Waals surface area contributed by atoms with Crippen molar-refractivity contribution < 1.29 is 13.2 Å². The zero-order valence-electron chi connectivity index (χ0n) is 13.2. The SMILES string of the molecule is Cc1cccc(CCNC(=O)C2(S(C)(=O)=O)CCNCC2)c1. The van der Waals surface area contributed by atoms with Crippen LogP contribution in [0.5, 0.6) is 0 Å². The number of benzene rings is 1. The third-order valence-corrected chi connectivity index (χ3v) is 6.33.